The molecule has 79 valence electrons. The van der Waals surface area contributed by atoms with E-state index in [1.807, 2.05) is 13.8 Å². The highest BCUT2D eigenvalue weighted by molar-refractivity contribution is 7.89. The van der Waals surface area contributed by atoms with Gasteiger partial charge in [-0.05, 0) is 19.3 Å². The zero-order valence-corrected chi connectivity index (χ0v) is 9.44. The summed E-state index contributed by atoms with van der Waals surface area (Å²) < 4.78 is 24.8. The normalized spacial score (nSPS) is 12.3. The van der Waals surface area contributed by atoms with E-state index in [0.29, 0.717) is 19.5 Å². The summed E-state index contributed by atoms with van der Waals surface area (Å²) >= 11 is 0. The van der Waals surface area contributed by atoms with Crippen LogP contribution in [0.4, 0.5) is 0 Å². The van der Waals surface area contributed by atoms with E-state index in [1.54, 1.807) is 4.31 Å². The topological polar surface area (TPSA) is 37.4 Å². The summed E-state index contributed by atoms with van der Waals surface area (Å²) in [5.74, 6) is 0.174. The second-order valence-corrected chi connectivity index (χ2v) is 5.16. The molecule has 0 fully saturated rings. The Bertz CT molecular complexity index is 206. The lowest BCUT2D eigenvalue weighted by Gasteiger charge is -2.20. The van der Waals surface area contributed by atoms with Crippen LogP contribution in [0.5, 0.6) is 0 Å². The predicted molar refractivity (Wildman–Crippen MR) is 55.9 cm³/mol. The first-order valence-corrected chi connectivity index (χ1v) is 6.46. The van der Waals surface area contributed by atoms with Gasteiger partial charge in [-0.2, -0.15) is 0 Å². The van der Waals surface area contributed by atoms with Crippen molar-refractivity contribution < 1.29 is 8.42 Å². The second-order valence-electron chi connectivity index (χ2n) is 3.07. The summed E-state index contributed by atoms with van der Waals surface area (Å²) in [6.45, 7) is 8.81. The van der Waals surface area contributed by atoms with Crippen LogP contribution in [0.25, 0.3) is 0 Å². The average molecular weight is 206 g/mol. The van der Waals surface area contributed by atoms with Crippen molar-refractivity contribution in [3.8, 4) is 0 Å². The van der Waals surface area contributed by atoms with Gasteiger partial charge < -0.3 is 0 Å². The van der Waals surface area contributed by atoms with E-state index in [1.165, 1.54) is 0 Å². The molecule has 0 spiro atoms. The summed E-state index contributed by atoms with van der Waals surface area (Å²) in [6, 6.07) is 0. The number of sulfonamides is 1. The van der Waals surface area contributed by atoms with Crippen LogP contribution in [0.3, 0.4) is 0 Å². The third-order valence-corrected chi connectivity index (χ3v) is 3.70. The Kier molecular flexibility index (Phi) is 6.33. The van der Waals surface area contributed by atoms with Crippen LogP contribution in [0, 0.1) is 6.92 Å². The quantitative estimate of drug-likeness (QED) is 0.635. The smallest absolute Gasteiger partial charge is 0.212 e. The predicted octanol–water partition coefficient (Wildman–Crippen LogP) is 1.66. The molecule has 0 saturated carbocycles. The maximum atomic E-state index is 11.6. The van der Waals surface area contributed by atoms with Crippen molar-refractivity contribution in [1.29, 1.82) is 0 Å². The summed E-state index contributed by atoms with van der Waals surface area (Å²) in [7, 11) is -3.03. The highest BCUT2D eigenvalue weighted by atomic mass is 32.2. The highest BCUT2D eigenvalue weighted by Gasteiger charge is 2.18. The molecule has 13 heavy (non-hydrogen) atoms. The first-order chi connectivity index (χ1) is 6.08. The van der Waals surface area contributed by atoms with E-state index >= 15 is 0 Å². The fourth-order valence-corrected chi connectivity index (χ4v) is 2.74. The Labute approximate surface area is 82.2 Å². The lowest BCUT2D eigenvalue weighted by Crippen LogP contribution is -2.34. The van der Waals surface area contributed by atoms with Crippen molar-refractivity contribution in [1.82, 2.24) is 4.31 Å². The third kappa shape index (κ3) is 4.62. The maximum absolute atomic E-state index is 11.6. The molecular weight excluding hydrogens is 186 g/mol. The second kappa shape index (κ2) is 6.38. The van der Waals surface area contributed by atoms with Crippen LogP contribution >= 0.6 is 0 Å². The fourth-order valence-electron chi connectivity index (χ4n) is 1.20. The molecule has 3 nitrogen and oxygen atoms in total. The first kappa shape index (κ1) is 12.9. The van der Waals surface area contributed by atoms with E-state index < -0.39 is 10.0 Å². The van der Waals surface area contributed by atoms with Gasteiger partial charge in [-0.25, -0.2) is 12.7 Å². The number of nitrogens with zero attached hydrogens (tertiary/aromatic N) is 1. The standard InChI is InChI=1S/C9H20NO2S/c1-4-7-10(8-5-2)13(11,12)9-6-3/h3-9H2,1-2H3. The molecule has 0 aromatic carbocycles. The van der Waals surface area contributed by atoms with Gasteiger partial charge in [0.25, 0.3) is 0 Å². The number of hydrogen-bond acceptors (Lipinski definition) is 2. The Morgan fingerprint density at radius 3 is 1.92 bits per heavy atom. The molecule has 0 aromatic rings. The van der Waals surface area contributed by atoms with Crippen molar-refractivity contribution in [2.24, 2.45) is 0 Å². The Balaban J connectivity index is 4.33. The molecule has 0 bridgehead atoms. The van der Waals surface area contributed by atoms with Gasteiger partial charge in [0, 0.05) is 13.1 Å². The molecule has 0 saturated heterocycles. The molecule has 0 atom stereocenters. The van der Waals surface area contributed by atoms with Gasteiger partial charge in [-0.15, -0.1) is 0 Å². The molecule has 0 aromatic heterocycles. The zero-order chi connectivity index (χ0) is 10.3. The summed E-state index contributed by atoms with van der Waals surface area (Å²) in [5.41, 5.74) is 0. The molecule has 0 N–H and O–H groups in total. The van der Waals surface area contributed by atoms with Crippen LogP contribution < -0.4 is 0 Å². The van der Waals surface area contributed by atoms with Crippen LogP contribution in [-0.2, 0) is 10.0 Å². The minimum atomic E-state index is -3.03. The first-order valence-electron chi connectivity index (χ1n) is 4.85. The van der Waals surface area contributed by atoms with E-state index in [0.717, 1.165) is 12.8 Å². The molecule has 0 rings (SSSR count). The largest absolute Gasteiger partial charge is 0.214 e. The van der Waals surface area contributed by atoms with Crippen molar-refractivity contribution in [3.63, 3.8) is 0 Å². The Morgan fingerprint density at radius 1 is 1.15 bits per heavy atom. The molecule has 4 heteroatoms. The van der Waals surface area contributed by atoms with Crippen molar-refractivity contribution >= 4 is 10.0 Å². The van der Waals surface area contributed by atoms with Crippen LogP contribution in [0.1, 0.15) is 33.1 Å². The van der Waals surface area contributed by atoms with Gasteiger partial charge in [0.2, 0.25) is 10.0 Å². The number of rotatable bonds is 7. The molecule has 0 amide bonds. The van der Waals surface area contributed by atoms with Crippen LogP contribution in [0.15, 0.2) is 0 Å². The van der Waals surface area contributed by atoms with Crippen molar-refractivity contribution in [2.75, 3.05) is 18.8 Å². The molecular formula is C9H20NO2S. The summed E-state index contributed by atoms with van der Waals surface area (Å²) in [5, 5.41) is 0. The maximum Gasteiger partial charge on any atom is 0.214 e. The van der Waals surface area contributed by atoms with Gasteiger partial charge in [0.1, 0.15) is 0 Å². The van der Waals surface area contributed by atoms with Crippen molar-refractivity contribution in [2.45, 2.75) is 33.1 Å². The fraction of sp³-hybridized carbons (Fsp3) is 0.889. The molecule has 0 aliphatic heterocycles. The van der Waals surface area contributed by atoms with Gasteiger partial charge in [-0.1, -0.05) is 20.8 Å². The molecule has 1 radical (unpaired) electrons. The monoisotopic (exact) mass is 206 g/mol. The van der Waals surface area contributed by atoms with Crippen LogP contribution in [0.2, 0.25) is 0 Å². The van der Waals surface area contributed by atoms with E-state index in [4.69, 9.17) is 0 Å². The Morgan fingerprint density at radius 2 is 1.62 bits per heavy atom. The van der Waals surface area contributed by atoms with E-state index in [-0.39, 0.29) is 5.75 Å². The summed E-state index contributed by atoms with van der Waals surface area (Å²) in [4.78, 5) is 0. The van der Waals surface area contributed by atoms with Crippen LogP contribution in [-0.4, -0.2) is 31.6 Å². The lowest BCUT2D eigenvalue weighted by molar-refractivity contribution is 0.410. The number of hydrogen-bond donors (Lipinski definition) is 0. The lowest BCUT2D eigenvalue weighted by atomic mass is 10.4. The average Bonchev–Trinajstić information content (AvgIpc) is 2.04. The zero-order valence-electron chi connectivity index (χ0n) is 8.62. The third-order valence-electron chi connectivity index (χ3n) is 1.74. The van der Waals surface area contributed by atoms with Gasteiger partial charge >= 0.3 is 0 Å². The van der Waals surface area contributed by atoms with Gasteiger partial charge in [0.15, 0.2) is 0 Å². The van der Waals surface area contributed by atoms with Gasteiger partial charge in [0.05, 0.1) is 5.75 Å². The summed E-state index contributed by atoms with van der Waals surface area (Å²) in [6.07, 6.45) is 2.19. The molecule has 0 heterocycles. The van der Waals surface area contributed by atoms with E-state index in [2.05, 4.69) is 6.92 Å². The van der Waals surface area contributed by atoms with Gasteiger partial charge in [-0.3, -0.25) is 0 Å². The minimum Gasteiger partial charge on any atom is -0.212 e. The highest BCUT2D eigenvalue weighted by Crippen LogP contribution is 2.05. The molecule has 0 aliphatic rings. The van der Waals surface area contributed by atoms with Crippen molar-refractivity contribution in [3.05, 3.63) is 6.92 Å². The van der Waals surface area contributed by atoms with E-state index in [9.17, 15) is 8.42 Å². The SMILES string of the molecule is [CH2]CCS(=O)(=O)N(CCC)CCC. The minimum absolute atomic E-state index is 0.174. The molecule has 0 unspecified atom stereocenters. The molecule has 0 aliphatic carbocycles. The Hall–Kier alpha value is -0.0900.